The van der Waals surface area contributed by atoms with Gasteiger partial charge in [-0.2, -0.15) is 13.2 Å². The highest BCUT2D eigenvalue weighted by atomic mass is 32.1. The van der Waals surface area contributed by atoms with Gasteiger partial charge in [-0.3, -0.25) is 4.79 Å². The molecule has 0 saturated carbocycles. The van der Waals surface area contributed by atoms with E-state index in [1.54, 1.807) is 6.07 Å². The summed E-state index contributed by atoms with van der Waals surface area (Å²) in [6.07, 6.45) is -3.71. The summed E-state index contributed by atoms with van der Waals surface area (Å²) in [6.45, 7) is 1.80. The molecule has 1 amide bonds. The number of thiophene rings is 1. The lowest BCUT2D eigenvalue weighted by Crippen LogP contribution is -2.31. The van der Waals surface area contributed by atoms with Crippen LogP contribution in [-0.2, 0) is 17.5 Å². The normalized spacial score (nSPS) is 11.4. The van der Waals surface area contributed by atoms with Crippen molar-refractivity contribution in [2.75, 3.05) is 4.90 Å². The van der Waals surface area contributed by atoms with Crippen molar-refractivity contribution < 1.29 is 27.9 Å². The van der Waals surface area contributed by atoms with Crippen LogP contribution in [0.3, 0.4) is 0 Å². The second-order valence-electron chi connectivity index (χ2n) is 6.92. The van der Waals surface area contributed by atoms with Crippen molar-refractivity contribution in [2.45, 2.75) is 32.5 Å². The van der Waals surface area contributed by atoms with E-state index in [9.17, 15) is 27.9 Å². The quantitative estimate of drug-likeness (QED) is 0.452. The predicted molar refractivity (Wildman–Crippen MR) is 114 cm³/mol. The SMILES string of the molecule is CCCC(=O)N(Cc1ccc(C(F)(F)F)cc1)c1cc(-c2ccccc2)sc1C(=O)O. The summed E-state index contributed by atoms with van der Waals surface area (Å²) in [4.78, 5) is 26.8. The lowest BCUT2D eigenvalue weighted by molar-refractivity contribution is -0.137. The van der Waals surface area contributed by atoms with Gasteiger partial charge in [0.2, 0.25) is 5.91 Å². The first kappa shape index (κ1) is 22.6. The number of amides is 1. The van der Waals surface area contributed by atoms with Crippen LogP contribution in [0, 0.1) is 0 Å². The average molecular weight is 447 g/mol. The number of rotatable bonds is 7. The van der Waals surface area contributed by atoms with Crippen molar-refractivity contribution in [2.24, 2.45) is 0 Å². The Hall–Kier alpha value is -3.13. The smallest absolute Gasteiger partial charge is 0.416 e. The summed E-state index contributed by atoms with van der Waals surface area (Å²) in [5.74, 6) is -1.45. The predicted octanol–water partition coefficient (Wildman–Crippen LogP) is 6.47. The third-order valence-electron chi connectivity index (χ3n) is 4.64. The molecule has 0 unspecified atom stereocenters. The molecule has 0 spiro atoms. The lowest BCUT2D eigenvalue weighted by atomic mass is 10.1. The van der Waals surface area contributed by atoms with Gasteiger partial charge in [-0.1, -0.05) is 49.4 Å². The number of hydrogen-bond donors (Lipinski definition) is 1. The zero-order valence-electron chi connectivity index (χ0n) is 16.6. The maximum absolute atomic E-state index is 12.9. The van der Waals surface area contributed by atoms with Gasteiger partial charge in [0.15, 0.2) is 0 Å². The van der Waals surface area contributed by atoms with E-state index in [0.717, 1.165) is 29.0 Å². The maximum atomic E-state index is 12.9. The number of carbonyl (C=O) groups is 2. The Morgan fingerprint density at radius 1 is 1.03 bits per heavy atom. The number of hydrogen-bond acceptors (Lipinski definition) is 3. The van der Waals surface area contributed by atoms with Gasteiger partial charge in [0.1, 0.15) is 4.88 Å². The molecule has 3 rings (SSSR count). The minimum absolute atomic E-state index is 0.00946. The Kier molecular flexibility index (Phi) is 6.80. The number of carboxylic acids is 1. The highest BCUT2D eigenvalue weighted by Crippen LogP contribution is 2.38. The largest absolute Gasteiger partial charge is 0.477 e. The molecule has 1 heterocycles. The molecule has 0 saturated heterocycles. The number of carboxylic acid groups (broad SMARTS) is 1. The molecule has 31 heavy (non-hydrogen) atoms. The average Bonchev–Trinajstić information content (AvgIpc) is 3.18. The first-order chi connectivity index (χ1) is 14.7. The van der Waals surface area contributed by atoms with Gasteiger partial charge in [-0.05, 0) is 35.7 Å². The molecule has 3 aromatic rings. The first-order valence-electron chi connectivity index (χ1n) is 9.59. The van der Waals surface area contributed by atoms with Gasteiger partial charge in [0.05, 0.1) is 17.8 Å². The van der Waals surface area contributed by atoms with Crippen LogP contribution >= 0.6 is 11.3 Å². The summed E-state index contributed by atoms with van der Waals surface area (Å²) in [5.41, 5.74) is 0.755. The Labute approximate surface area is 181 Å². The summed E-state index contributed by atoms with van der Waals surface area (Å²) in [7, 11) is 0. The molecule has 2 aromatic carbocycles. The van der Waals surface area contributed by atoms with Gasteiger partial charge in [-0.25, -0.2) is 4.79 Å². The number of alkyl halides is 3. The number of carbonyl (C=O) groups excluding carboxylic acids is 1. The fourth-order valence-electron chi connectivity index (χ4n) is 3.12. The third kappa shape index (κ3) is 5.32. The second kappa shape index (κ2) is 9.34. The topological polar surface area (TPSA) is 57.6 Å². The van der Waals surface area contributed by atoms with E-state index in [0.29, 0.717) is 16.9 Å². The van der Waals surface area contributed by atoms with E-state index < -0.39 is 17.7 Å². The van der Waals surface area contributed by atoms with Crippen LogP contribution in [0.5, 0.6) is 0 Å². The van der Waals surface area contributed by atoms with E-state index in [1.807, 2.05) is 37.3 Å². The van der Waals surface area contributed by atoms with Crippen LogP contribution in [0.1, 0.15) is 40.6 Å². The molecule has 1 N–H and O–H groups in total. The zero-order chi connectivity index (χ0) is 22.6. The summed E-state index contributed by atoms with van der Waals surface area (Å²) < 4.78 is 38.6. The molecule has 1 aromatic heterocycles. The number of benzene rings is 2. The van der Waals surface area contributed by atoms with Crippen molar-refractivity contribution in [3.05, 3.63) is 76.7 Å². The van der Waals surface area contributed by atoms with Gasteiger partial charge in [0, 0.05) is 11.3 Å². The highest BCUT2D eigenvalue weighted by molar-refractivity contribution is 7.18. The fourth-order valence-corrected chi connectivity index (χ4v) is 4.12. The molecule has 0 fully saturated rings. The molecule has 0 aliphatic heterocycles. The standard InChI is InChI=1S/C23H20F3NO3S/c1-2-6-20(28)27(14-15-9-11-17(12-10-15)23(24,25)26)18-13-19(31-21(18)22(29)30)16-7-4-3-5-8-16/h3-5,7-13H,2,6,14H2,1H3,(H,29,30). The van der Waals surface area contributed by atoms with Crippen molar-refractivity contribution in [3.8, 4) is 10.4 Å². The van der Waals surface area contributed by atoms with Crippen molar-refractivity contribution in [3.63, 3.8) is 0 Å². The first-order valence-corrected chi connectivity index (χ1v) is 10.4. The van der Waals surface area contributed by atoms with E-state index in [-0.39, 0.29) is 29.4 Å². The Bertz CT molecular complexity index is 1060. The Balaban J connectivity index is 2.01. The van der Waals surface area contributed by atoms with E-state index in [4.69, 9.17) is 0 Å². The van der Waals surface area contributed by atoms with Gasteiger partial charge >= 0.3 is 12.1 Å². The maximum Gasteiger partial charge on any atom is 0.416 e. The van der Waals surface area contributed by atoms with E-state index in [2.05, 4.69) is 0 Å². The second-order valence-corrected chi connectivity index (χ2v) is 7.97. The Morgan fingerprint density at radius 2 is 1.68 bits per heavy atom. The molecule has 0 aliphatic carbocycles. The minimum Gasteiger partial charge on any atom is -0.477 e. The van der Waals surface area contributed by atoms with E-state index in [1.165, 1.54) is 17.0 Å². The molecule has 8 heteroatoms. The summed E-state index contributed by atoms with van der Waals surface area (Å²) in [5, 5.41) is 9.73. The van der Waals surface area contributed by atoms with Crippen molar-refractivity contribution >= 4 is 28.9 Å². The molecule has 0 atom stereocenters. The van der Waals surface area contributed by atoms with E-state index >= 15 is 0 Å². The summed E-state index contributed by atoms with van der Waals surface area (Å²) >= 11 is 1.06. The van der Waals surface area contributed by atoms with Crippen LogP contribution < -0.4 is 4.90 Å². The van der Waals surface area contributed by atoms with Crippen LogP contribution in [0.2, 0.25) is 0 Å². The number of aromatic carboxylic acids is 1. The van der Waals surface area contributed by atoms with Crippen LogP contribution in [0.4, 0.5) is 18.9 Å². The fraction of sp³-hybridized carbons (Fsp3) is 0.217. The molecule has 0 radical (unpaired) electrons. The molecule has 0 aliphatic rings. The zero-order valence-corrected chi connectivity index (χ0v) is 17.5. The number of halogens is 3. The molecule has 0 bridgehead atoms. The Morgan fingerprint density at radius 3 is 2.23 bits per heavy atom. The van der Waals surface area contributed by atoms with Crippen molar-refractivity contribution in [1.29, 1.82) is 0 Å². The molecular formula is C23H20F3NO3S. The van der Waals surface area contributed by atoms with Crippen molar-refractivity contribution in [1.82, 2.24) is 0 Å². The van der Waals surface area contributed by atoms with Gasteiger partial charge < -0.3 is 10.0 Å². The number of nitrogens with zero attached hydrogens (tertiary/aromatic N) is 1. The molecular weight excluding hydrogens is 427 g/mol. The monoisotopic (exact) mass is 447 g/mol. The number of anilines is 1. The van der Waals surface area contributed by atoms with Crippen LogP contribution in [0.15, 0.2) is 60.7 Å². The van der Waals surface area contributed by atoms with Crippen LogP contribution in [0.25, 0.3) is 10.4 Å². The lowest BCUT2D eigenvalue weighted by Gasteiger charge is -2.23. The van der Waals surface area contributed by atoms with Crippen LogP contribution in [-0.4, -0.2) is 17.0 Å². The van der Waals surface area contributed by atoms with Gasteiger partial charge in [0.25, 0.3) is 0 Å². The molecule has 4 nitrogen and oxygen atoms in total. The van der Waals surface area contributed by atoms with Gasteiger partial charge in [-0.15, -0.1) is 11.3 Å². The summed E-state index contributed by atoms with van der Waals surface area (Å²) in [6, 6.07) is 15.4. The third-order valence-corrected chi connectivity index (χ3v) is 5.80. The molecule has 162 valence electrons. The minimum atomic E-state index is -4.45. The highest BCUT2D eigenvalue weighted by Gasteiger charge is 2.30.